The number of ether oxygens (including phenoxy) is 3. The van der Waals surface area contributed by atoms with Crippen LogP contribution in [-0.4, -0.2) is 29.9 Å². The first-order valence-corrected chi connectivity index (χ1v) is 13.5. The zero-order chi connectivity index (χ0) is 29.8. The molecule has 0 amide bonds. The second kappa shape index (κ2) is 12.5. The SMILES string of the molecule is C=CC(O)OCC1Cc2ccc(-c3cc(C)c(-c4cc(OC(=O)C(=C)C)cc(OC(=O)C(=C)C)c4)cc3C)cc2C1. The highest BCUT2D eigenvalue weighted by atomic mass is 16.6. The fourth-order valence-corrected chi connectivity index (χ4v) is 4.97. The summed E-state index contributed by atoms with van der Waals surface area (Å²) in [5.74, 6) is -0.313. The normalized spacial score (nSPS) is 14.6. The van der Waals surface area contributed by atoms with Gasteiger partial charge in [0.1, 0.15) is 11.5 Å². The summed E-state index contributed by atoms with van der Waals surface area (Å²) >= 11 is 0. The lowest BCUT2D eigenvalue weighted by Crippen LogP contribution is -2.16. The van der Waals surface area contributed by atoms with E-state index in [1.165, 1.54) is 23.3 Å². The first-order valence-electron chi connectivity index (χ1n) is 13.5. The molecule has 0 saturated heterocycles. The molecule has 1 N–H and O–H groups in total. The zero-order valence-electron chi connectivity index (χ0n) is 24.1. The number of aliphatic hydroxyl groups is 1. The maximum Gasteiger partial charge on any atom is 0.338 e. The minimum Gasteiger partial charge on any atom is -0.423 e. The van der Waals surface area contributed by atoms with Crippen molar-refractivity contribution in [3.05, 3.63) is 108 Å². The largest absolute Gasteiger partial charge is 0.423 e. The third kappa shape index (κ3) is 7.09. The van der Waals surface area contributed by atoms with Crippen LogP contribution in [0.25, 0.3) is 22.3 Å². The van der Waals surface area contributed by atoms with Crippen molar-refractivity contribution >= 4 is 11.9 Å². The Morgan fingerprint density at radius 2 is 1.39 bits per heavy atom. The van der Waals surface area contributed by atoms with Gasteiger partial charge in [0.2, 0.25) is 0 Å². The van der Waals surface area contributed by atoms with E-state index in [1.54, 1.807) is 26.0 Å². The molecule has 2 atom stereocenters. The van der Waals surface area contributed by atoms with Gasteiger partial charge in [-0.1, -0.05) is 50.1 Å². The van der Waals surface area contributed by atoms with Crippen molar-refractivity contribution < 1.29 is 28.9 Å². The number of carbonyl (C=O) groups is 2. The third-order valence-electron chi connectivity index (χ3n) is 7.12. The summed E-state index contributed by atoms with van der Waals surface area (Å²) in [5.41, 5.74) is 9.11. The highest BCUT2D eigenvalue weighted by Gasteiger charge is 2.23. The van der Waals surface area contributed by atoms with E-state index in [-0.39, 0.29) is 22.6 Å². The highest BCUT2D eigenvalue weighted by Crippen LogP contribution is 2.37. The second-order valence-corrected chi connectivity index (χ2v) is 10.7. The monoisotopic (exact) mass is 552 g/mol. The van der Waals surface area contributed by atoms with Crippen LogP contribution in [0.1, 0.15) is 36.1 Å². The summed E-state index contributed by atoms with van der Waals surface area (Å²) in [6, 6.07) is 15.8. The van der Waals surface area contributed by atoms with Gasteiger partial charge in [-0.15, -0.1) is 0 Å². The molecule has 2 unspecified atom stereocenters. The number of hydrogen-bond acceptors (Lipinski definition) is 6. The lowest BCUT2D eigenvalue weighted by Gasteiger charge is -2.16. The molecule has 41 heavy (non-hydrogen) atoms. The maximum atomic E-state index is 12.2. The van der Waals surface area contributed by atoms with Gasteiger partial charge in [0.05, 0.1) is 6.61 Å². The predicted molar refractivity (Wildman–Crippen MR) is 161 cm³/mol. The molecule has 6 nitrogen and oxygen atoms in total. The topological polar surface area (TPSA) is 82.1 Å². The van der Waals surface area contributed by atoms with Crippen LogP contribution < -0.4 is 9.47 Å². The van der Waals surface area contributed by atoms with Crippen LogP contribution in [-0.2, 0) is 27.2 Å². The summed E-state index contributed by atoms with van der Waals surface area (Å²) in [6.07, 6.45) is 2.26. The van der Waals surface area contributed by atoms with Crippen LogP contribution >= 0.6 is 0 Å². The van der Waals surface area contributed by atoms with Crippen LogP contribution in [0.5, 0.6) is 11.5 Å². The molecule has 0 aliphatic heterocycles. The van der Waals surface area contributed by atoms with Crippen LogP contribution in [0.4, 0.5) is 0 Å². The van der Waals surface area contributed by atoms with E-state index < -0.39 is 18.2 Å². The van der Waals surface area contributed by atoms with Crippen molar-refractivity contribution in [1.29, 1.82) is 0 Å². The van der Waals surface area contributed by atoms with Crippen LogP contribution in [0.3, 0.4) is 0 Å². The minimum atomic E-state index is -0.938. The van der Waals surface area contributed by atoms with Gasteiger partial charge in [-0.25, -0.2) is 9.59 Å². The summed E-state index contributed by atoms with van der Waals surface area (Å²) in [5, 5.41) is 9.65. The smallest absolute Gasteiger partial charge is 0.338 e. The standard InChI is InChI=1S/C35H36O6/c1-8-33(36)39-19-24-13-25-9-10-26(15-27(25)14-24)31-11-23(7)32(12-22(31)6)28-16-29(40-34(37)20(2)3)18-30(17-28)41-35(38)21(4)5/h8-12,15-18,24,33,36H,1-2,4,13-14,19H2,3,5-7H3. The van der Waals surface area contributed by atoms with E-state index in [4.69, 9.17) is 14.2 Å². The van der Waals surface area contributed by atoms with E-state index in [9.17, 15) is 14.7 Å². The third-order valence-corrected chi connectivity index (χ3v) is 7.12. The fourth-order valence-electron chi connectivity index (χ4n) is 4.97. The Balaban J connectivity index is 1.65. The first-order chi connectivity index (χ1) is 19.4. The number of carbonyl (C=O) groups excluding carboxylic acids is 2. The van der Waals surface area contributed by atoms with Gasteiger partial charge >= 0.3 is 11.9 Å². The van der Waals surface area contributed by atoms with Crippen molar-refractivity contribution in [2.75, 3.05) is 6.61 Å². The van der Waals surface area contributed by atoms with Crippen molar-refractivity contribution in [2.45, 2.75) is 46.8 Å². The van der Waals surface area contributed by atoms with Crippen molar-refractivity contribution in [3.8, 4) is 33.8 Å². The van der Waals surface area contributed by atoms with E-state index in [1.807, 2.05) is 6.92 Å². The predicted octanol–water partition coefficient (Wildman–Crippen LogP) is 6.84. The summed E-state index contributed by atoms with van der Waals surface area (Å²) in [6.45, 7) is 18.5. The van der Waals surface area contributed by atoms with Crippen LogP contribution in [0.15, 0.2) is 85.5 Å². The second-order valence-electron chi connectivity index (χ2n) is 10.7. The number of aliphatic hydroxyl groups excluding tert-OH is 1. The number of aryl methyl sites for hydroxylation is 2. The number of esters is 2. The Hall–Kier alpha value is -4.26. The molecule has 4 rings (SSSR count). The molecule has 0 heterocycles. The lowest BCUT2D eigenvalue weighted by molar-refractivity contribution is -0.130. The van der Waals surface area contributed by atoms with Crippen LogP contribution in [0.2, 0.25) is 0 Å². The van der Waals surface area contributed by atoms with Gasteiger partial charge in [0.15, 0.2) is 6.29 Å². The first kappa shape index (κ1) is 29.7. The Morgan fingerprint density at radius 1 is 0.854 bits per heavy atom. The van der Waals surface area contributed by atoms with Crippen molar-refractivity contribution in [2.24, 2.45) is 5.92 Å². The minimum absolute atomic E-state index is 0.249. The number of fused-ring (bicyclic) bond motifs is 1. The van der Waals surface area contributed by atoms with Gasteiger partial charge in [-0.3, -0.25) is 0 Å². The van der Waals surface area contributed by atoms with Gasteiger partial charge in [-0.05, 0) is 109 Å². The molecule has 3 aromatic rings. The van der Waals surface area contributed by atoms with Gasteiger partial charge in [-0.2, -0.15) is 0 Å². The van der Waals surface area contributed by atoms with E-state index in [2.05, 4.69) is 57.0 Å². The molecule has 0 radical (unpaired) electrons. The average Bonchev–Trinajstić information content (AvgIpc) is 3.34. The molecule has 6 heteroatoms. The molecule has 1 aliphatic rings. The van der Waals surface area contributed by atoms with E-state index >= 15 is 0 Å². The molecule has 0 spiro atoms. The Bertz CT molecular complexity index is 1500. The molecule has 0 saturated carbocycles. The van der Waals surface area contributed by atoms with Gasteiger partial charge in [0.25, 0.3) is 0 Å². The van der Waals surface area contributed by atoms with Crippen molar-refractivity contribution in [3.63, 3.8) is 0 Å². The van der Waals surface area contributed by atoms with Crippen LogP contribution in [0, 0.1) is 19.8 Å². The number of benzene rings is 3. The fraction of sp³-hybridized carbons (Fsp3) is 0.257. The highest BCUT2D eigenvalue weighted by molar-refractivity contribution is 5.90. The molecule has 0 fully saturated rings. The lowest BCUT2D eigenvalue weighted by atomic mass is 9.90. The van der Waals surface area contributed by atoms with Gasteiger partial charge in [0, 0.05) is 17.2 Å². The maximum absolute atomic E-state index is 12.2. The Kier molecular flexibility index (Phi) is 9.06. The molecule has 3 aromatic carbocycles. The van der Waals surface area contributed by atoms with Crippen molar-refractivity contribution in [1.82, 2.24) is 0 Å². The summed E-state index contributed by atoms with van der Waals surface area (Å²) in [4.78, 5) is 24.5. The molecule has 0 aromatic heterocycles. The van der Waals surface area contributed by atoms with E-state index in [0.29, 0.717) is 12.5 Å². The summed E-state index contributed by atoms with van der Waals surface area (Å²) in [7, 11) is 0. The number of hydrogen-bond donors (Lipinski definition) is 1. The molecule has 1 aliphatic carbocycles. The Morgan fingerprint density at radius 3 is 1.93 bits per heavy atom. The van der Waals surface area contributed by atoms with E-state index in [0.717, 1.165) is 46.2 Å². The molecule has 212 valence electrons. The number of rotatable bonds is 10. The molecule has 0 bridgehead atoms. The average molecular weight is 553 g/mol. The Labute approximate surface area is 241 Å². The zero-order valence-corrected chi connectivity index (χ0v) is 24.1. The quantitative estimate of drug-likeness (QED) is 0.0976. The summed E-state index contributed by atoms with van der Waals surface area (Å²) < 4.78 is 16.5. The molecular weight excluding hydrogens is 516 g/mol. The van der Waals surface area contributed by atoms with Gasteiger partial charge < -0.3 is 19.3 Å². The molecular formula is C35H36O6.